The highest BCUT2D eigenvalue weighted by Gasteiger charge is 2.47. The second-order valence-corrected chi connectivity index (χ2v) is 8.95. The van der Waals surface area contributed by atoms with E-state index >= 15 is 0 Å². The van der Waals surface area contributed by atoms with Crippen molar-refractivity contribution in [3.05, 3.63) is 83.3 Å². The summed E-state index contributed by atoms with van der Waals surface area (Å²) in [5.74, 6) is -0.771. The second kappa shape index (κ2) is 9.33. The van der Waals surface area contributed by atoms with E-state index in [-0.39, 0.29) is 23.7 Å². The number of nitrogens with zero attached hydrogens (tertiary/aromatic N) is 4. The van der Waals surface area contributed by atoms with Gasteiger partial charge in [0, 0.05) is 39.1 Å². The molecule has 2 atom stereocenters. The molecule has 2 aromatic carbocycles. The number of carbonyl (C=O) groups excluding carboxylic acids is 1. The Labute approximate surface area is 200 Å². The van der Waals surface area contributed by atoms with Crippen molar-refractivity contribution >= 4 is 11.7 Å². The minimum atomic E-state index is -4.55. The molecular formula is C25H25F4N5O. The molecule has 1 amide bonds. The van der Waals surface area contributed by atoms with Gasteiger partial charge in [-0.3, -0.25) is 9.69 Å². The van der Waals surface area contributed by atoms with Crippen molar-refractivity contribution in [2.45, 2.75) is 31.2 Å². The summed E-state index contributed by atoms with van der Waals surface area (Å²) in [6, 6.07) is 12.8. The van der Waals surface area contributed by atoms with Crippen molar-refractivity contribution in [2.75, 3.05) is 31.5 Å². The number of carbonyl (C=O) groups is 1. The number of anilines is 1. The summed E-state index contributed by atoms with van der Waals surface area (Å²) in [5, 5.41) is 7.01. The summed E-state index contributed by atoms with van der Waals surface area (Å²) in [6.07, 6.45) is -3.65. The summed E-state index contributed by atoms with van der Waals surface area (Å²) in [4.78, 5) is 17.2. The molecule has 0 aliphatic carbocycles. The Balaban J connectivity index is 1.34. The smallest absolute Gasteiger partial charge is 0.363 e. The van der Waals surface area contributed by atoms with E-state index in [2.05, 4.69) is 27.4 Å². The lowest BCUT2D eigenvalue weighted by atomic mass is 9.96. The van der Waals surface area contributed by atoms with Gasteiger partial charge in [-0.15, -0.1) is 0 Å². The van der Waals surface area contributed by atoms with Crippen LogP contribution < -0.4 is 5.32 Å². The van der Waals surface area contributed by atoms with E-state index in [4.69, 9.17) is 0 Å². The van der Waals surface area contributed by atoms with E-state index < -0.39 is 24.1 Å². The largest absolute Gasteiger partial charge is 0.410 e. The van der Waals surface area contributed by atoms with E-state index in [1.807, 2.05) is 18.2 Å². The van der Waals surface area contributed by atoms with Crippen LogP contribution in [0.5, 0.6) is 0 Å². The molecule has 1 aromatic heterocycles. The Kier molecular flexibility index (Phi) is 6.22. The molecule has 1 saturated heterocycles. The first-order valence-corrected chi connectivity index (χ1v) is 11.5. The highest BCUT2D eigenvalue weighted by molar-refractivity contribution is 5.99. The molecule has 6 nitrogen and oxygen atoms in total. The quantitative estimate of drug-likeness (QED) is 0.545. The molecule has 0 bridgehead atoms. The summed E-state index contributed by atoms with van der Waals surface area (Å²) >= 11 is 0. The highest BCUT2D eigenvalue weighted by atomic mass is 19.4. The van der Waals surface area contributed by atoms with Crippen LogP contribution in [0, 0.1) is 5.82 Å². The standard InChI is InChI=1S/C25H25F4N5O/c26-19-8-6-18(7-9-19)21-14-22(25(27,28)29)34-23(31-21)20(15-30-34)24(35)33-12-10-32(11-13-33)16-17-4-2-1-3-5-17/h1-9,15,21-22,31H,10-14,16H2. The second-order valence-electron chi connectivity index (χ2n) is 8.95. The number of aromatic nitrogens is 2. The first kappa shape index (κ1) is 23.3. The SMILES string of the molecule is O=C(c1cnn2c1NC(c1ccc(F)cc1)CC2C(F)(F)F)N1CCN(Cc2ccccc2)CC1. The zero-order chi connectivity index (χ0) is 24.6. The number of benzene rings is 2. The Hall–Kier alpha value is -3.40. The number of alkyl halides is 3. The highest BCUT2D eigenvalue weighted by Crippen LogP contribution is 2.44. The van der Waals surface area contributed by atoms with Gasteiger partial charge in [0.1, 0.15) is 17.2 Å². The number of fused-ring (bicyclic) bond motifs is 1. The Bertz CT molecular complexity index is 1170. The van der Waals surface area contributed by atoms with E-state index in [1.54, 1.807) is 4.90 Å². The number of nitrogens with one attached hydrogen (secondary N) is 1. The van der Waals surface area contributed by atoms with Crippen LogP contribution in [0.15, 0.2) is 60.8 Å². The summed E-state index contributed by atoms with van der Waals surface area (Å²) in [5.41, 5.74) is 1.82. The molecule has 0 spiro atoms. The Morgan fingerprint density at radius 3 is 2.34 bits per heavy atom. The van der Waals surface area contributed by atoms with Gasteiger partial charge in [0.05, 0.1) is 12.2 Å². The zero-order valence-corrected chi connectivity index (χ0v) is 18.9. The number of rotatable bonds is 4. The first-order valence-electron chi connectivity index (χ1n) is 11.5. The molecule has 2 aliphatic heterocycles. The van der Waals surface area contributed by atoms with E-state index in [9.17, 15) is 22.4 Å². The van der Waals surface area contributed by atoms with Crippen molar-refractivity contribution in [1.82, 2.24) is 19.6 Å². The molecule has 1 N–H and O–H groups in total. The van der Waals surface area contributed by atoms with Crippen molar-refractivity contribution in [2.24, 2.45) is 0 Å². The lowest BCUT2D eigenvalue weighted by molar-refractivity contribution is -0.173. The molecule has 0 saturated carbocycles. The van der Waals surface area contributed by atoms with E-state index in [0.29, 0.717) is 31.7 Å². The Morgan fingerprint density at radius 2 is 1.69 bits per heavy atom. The lowest BCUT2D eigenvalue weighted by Crippen LogP contribution is -2.48. The van der Waals surface area contributed by atoms with Crippen molar-refractivity contribution in [3.8, 4) is 0 Å². The number of amides is 1. The molecule has 2 unspecified atom stereocenters. The van der Waals surface area contributed by atoms with E-state index in [0.717, 1.165) is 11.2 Å². The monoisotopic (exact) mass is 487 g/mol. The maximum atomic E-state index is 13.9. The third kappa shape index (κ3) is 4.88. The van der Waals surface area contributed by atoms with Gasteiger partial charge in [-0.1, -0.05) is 42.5 Å². The van der Waals surface area contributed by atoms with Gasteiger partial charge < -0.3 is 10.2 Å². The van der Waals surface area contributed by atoms with Crippen LogP contribution in [0.25, 0.3) is 0 Å². The molecule has 10 heteroatoms. The topological polar surface area (TPSA) is 53.4 Å². The van der Waals surface area contributed by atoms with Crippen LogP contribution in [-0.2, 0) is 6.54 Å². The predicted molar refractivity (Wildman–Crippen MR) is 122 cm³/mol. The number of hydrogen-bond donors (Lipinski definition) is 1. The molecular weight excluding hydrogens is 462 g/mol. The van der Waals surface area contributed by atoms with Gasteiger partial charge in [-0.05, 0) is 23.3 Å². The minimum absolute atomic E-state index is 0.0459. The number of halogens is 4. The van der Waals surface area contributed by atoms with Gasteiger partial charge >= 0.3 is 6.18 Å². The van der Waals surface area contributed by atoms with Gasteiger partial charge in [0.2, 0.25) is 0 Å². The minimum Gasteiger partial charge on any atom is -0.363 e. The van der Waals surface area contributed by atoms with Crippen molar-refractivity contribution in [3.63, 3.8) is 0 Å². The van der Waals surface area contributed by atoms with Gasteiger partial charge in [0.25, 0.3) is 5.91 Å². The first-order chi connectivity index (χ1) is 16.8. The van der Waals surface area contributed by atoms with Crippen LogP contribution in [0.4, 0.5) is 23.4 Å². The number of hydrogen-bond acceptors (Lipinski definition) is 4. The van der Waals surface area contributed by atoms with Crippen LogP contribution in [0.2, 0.25) is 0 Å². The third-order valence-electron chi connectivity index (χ3n) is 6.65. The fourth-order valence-corrected chi connectivity index (χ4v) is 4.75. The summed E-state index contributed by atoms with van der Waals surface area (Å²) in [6.45, 7) is 3.06. The fourth-order valence-electron chi connectivity index (χ4n) is 4.75. The third-order valence-corrected chi connectivity index (χ3v) is 6.65. The molecule has 3 aromatic rings. The van der Waals surface area contributed by atoms with Crippen LogP contribution >= 0.6 is 0 Å². The molecule has 35 heavy (non-hydrogen) atoms. The fraction of sp³-hybridized carbons (Fsp3) is 0.360. The number of piperazine rings is 1. The molecule has 2 aliphatic rings. The lowest BCUT2D eigenvalue weighted by Gasteiger charge is -2.36. The van der Waals surface area contributed by atoms with E-state index in [1.165, 1.54) is 36.0 Å². The predicted octanol–water partition coefficient (Wildman–Crippen LogP) is 4.64. The maximum absolute atomic E-state index is 13.9. The van der Waals surface area contributed by atoms with Gasteiger partial charge in [0.15, 0.2) is 6.04 Å². The average Bonchev–Trinajstić information content (AvgIpc) is 3.28. The van der Waals surface area contributed by atoms with Crippen molar-refractivity contribution < 1.29 is 22.4 Å². The Morgan fingerprint density at radius 1 is 1.00 bits per heavy atom. The summed E-state index contributed by atoms with van der Waals surface area (Å²) < 4.78 is 56.0. The molecule has 5 rings (SSSR count). The molecule has 184 valence electrons. The maximum Gasteiger partial charge on any atom is 0.410 e. The average molecular weight is 488 g/mol. The van der Waals surface area contributed by atoms with Crippen LogP contribution in [-0.4, -0.2) is 57.8 Å². The molecule has 1 fully saturated rings. The van der Waals surface area contributed by atoms with Crippen LogP contribution in [0.1, 0.15) is 40.0 Å². The van der Waals surface area contributed by atoms with Gasteiger partial charge in [-0.25, -0.2) is 9.07 Å². The van der Waals surface area contributed by atoms with Gasteiger partial charge in [-0.2, -0.15) is 18.3 Å². The normalized spacial score (nSPS) is 20.9. The van der Waals surface area contributed by atoms with Crippen LogP contribution in [0.3, 0.4) is 0 Å². The molecule has 3 heterocycles. The molecule has 0 radical (unpaired) electrons. The zero-order valence-electron chi connectivity index (χ0n) is 18.9. The van der Waals surface area contributed by atoms with Crippen molar-refractivity contribution in [1.29, 1.82) is 0 Å². The summed E-state index contributed by atoms with van der Waals surface area (Å²) in [7, 11) is 0.